The lowest BCUT2D eigenvalue weighted by molar-refractivity contribution is 0.255. The molecule has 1 aliphatic carbocycles. The molecule has 0 bridgehead atoms. The quantitative estimate of drug-likeness (QED) is 0.874. The van der Waals surface area contributed by atoms with Gasteiger partial charge in [-0.15, -0.1) is 0 Å². The van der Waals surface area contributed by atoms with Crippen molar-refractivity contribution in [2.24, 2.45) is 0 Å². The lowest BCUT2D eigenvalue weighted by atomic mass is 9.91. The number of aryl methyl sites for hydroxylation is 1. The molecule has 0 heterocycles. The summed E-state index contributed by atoms with van der Waals surface area (Å²) in [5.74, 6) is 0.194. The van der Waals surface area contributed by atoms with Gasteiger partial charge in [-0.25, -0.2) is 12.7 Å². The van der Waals surface area contributed by atoms with Crippen molar-refractivity contribution in [3.8, 4) is 0 Å². The van der Waals surface area contributed by atoms with Crippen LogP contribution in [0, 0.1) is 0 Å². The Bertz CT molecular complexity index is 522. The van der Waals surface area contributed by atoms with Crippen LogP contribution in [0.15, 0.2) is 30.3 Å². The number of hydrogen-bond acceptors (Lipinski definition) is 3. The highest BCUT2D eigenvalue weighted by molar-refractivity contribution is 7.89. The van der Waals surface area contributed by atoms with Gasteiger partial charge < -0.3 is 5.32 Å². The fraction of sp³-hybridized carbons (Fsp3) is 0.625. The Balaban J connectivity index is 1.90. The summed E-state index contributed by atoms with van der Waals surface area (Å²) in [4.78, 5) is 0. The lowest BCUT2D eigenvalue weighted by Gasteiger charge is -2.33. The van der Waals surface area contributed by atoms with E-state index in [4.69, 9.17) is 0 Å². The van der Waals surface area contributed by atoms with E-state index in [9.17, 15) is 8.42 Å². The Morgan fingerprint density at radius 1 is 1.14 bits per heavy atom. The minimum atomic E-state index is -3.17. The van der Waals surface area contributed by atoms with Crippen molar-refractivity contribution >= 4 is 10.0 Å². The molecule has 1 saturated carbocycles. The van der Waals surface area contributed by atoms with Gasteiger partial charge in [0.1, 0.15) is 0 Å². The van der Waals surface area contributed by atoms with Gasteiger partial charge in [0.05, 0.1) is 5.75 Å². The highest BCUT2D eigenvalue weighted by atomic mass is 32.2. The third-order valence-electron chi connectivity index (χ3n) is 4.55. The highest BCUT2D eigenvalue weighted by Gasteiger charge is 2.29. The van der Waals surface area contributed by atoms with Gasteiger partial charge >= 0.3 is 0 Å². The standard InChI is InChI=1S/C16H26N2O2S/c1-17-15-8-10-16(11-9-15)18(2)21(19,20)13-12-14-6-4-3-5-7-14/h3-7,15-17H,8-13H2,1-2H3. The summed E-state index contributed by atoms with van der Waals surface area (Å²) in [6, 6.07) is 10.5. The topological polar surface area (TPSA) is 49.4 Å². The van der Waals surface area contributed by atoms with Crippen LogP contribution in [0.5, 0.6) is 0 Å². The molecule has 1 N–H and O–H groups in total. The van der Waals surface area contributed by atoms with E-state index in [-0.39, 0.29) is 11.8 Å². The molecule has 1 fully saturated rings. The summed E-state index contributed by atoms with van der Waals surface area (Å²) in [5.41, 5.74) is 1.08. The minimum Gasteiger partial charge on any atom is -0.317 e. The van der Waals surface area contributed by atoms with E-state index < -0.39 is 10.0 Å². The molecule has 2 rings (SSSR count). The normalized spacial score (nSPS) is 23.4. The molecule has 1 aromatic rings. The van der Waals surface area contributed by atoms with Crippen LogP contribution in [0.4, 0.5) is 0 Å². The molecule has 4 nitrogen and oxygen atoms in total. The van der Waals surface area contributed by atoms with Crippen LogP contribution in [-0.4, -0.2) is 44.7 Å². The Morgan fingerprint density at radius 2 is 1.76 bits per heavy atom. The zero-order valence-corrected chi connectivity index (χ0v) is 13.8. The monoisotopic (exact) mass is 310 g/mol. The number of rotatable bonds is 6. The first-order valence-electron chi connectivity index (χ1n) is 7.70. The van der Waals surface area contributed by atoms with Gasteiger partial charge in [-0.1, -0.05) is 30.3 Å². The van der Waals surface area contributed by atoms with E-state index in [1.807, 2.05) is 37.4 Å². The average molecular weight is 310 g/mol. The zero-order chi connectivity index (χ0) is 15.3. The maximum atomic E-state index is 12.5. The van der Waals surface area contributed by atoms with E-state index in [0.717, 1.165) is 31.2 Å². The van der Waals surface area contributed by atoms with Gasteiger partial charge in [-0.05, 0) is 44.7 Å². The van der Waals surface area contributed by atoms with Crippen molar-refractivity contribution in [1.29, 1.82) is 0 Å². The van der Waals surface area contributed by atoms with Gasteiger partial charge in [0.25, 0.3) is 0 Å². The van der Waals surface area contributed by atoms with Crippen molar-refractivity contribution in [2.75, 3.05) is 19.8 Å². The fourth-order valence-corrected chi connectivity index (χ4v) is 4.44. The largest absolute Gasteiger partial charge is 0.317 e. The molecule has 0 unspecified atom stereocenters. The molecule has 0 aromatic heterocycles. The van der Waals surface area contributed by atoms with Crippen molar-refractivity contribution < 1.29 is 8.42 Å². The van der Waals surface area contributed by atoms with Gasteiger partial charge in [0, 0.05) is 19.1 Å². The molecule has 21 heavy (non-hydrogen) atoms. The maximum absolute atomic E-state index is 12.5. The van der Waals surface area contributed by atoms with Crippen LogP contribution in [0.3, 0.4) is 0 Å². The minimum absolute atomic E-state index is 0.162. The second kappa shape index (κ2) is 7.38. The molecule has 0 saturated heterocycles. The predicted octanol–water partition coefficient (Wildman–Crippen LogP) is 2.02. The highest BCUT2D eigenvalue weighted by Crippen LogP contribution is 2.24. The van der Waals surface area contributed by atoms with Crippen LogP contribution in [0.2, 0.25) is 0 Å². The molecular weight excluding hydrogens is 284 g/mol. The molecule has 1 aliphatic rings. The van der Waals surface area contributed by atoms with E-state index in [1.54, 1.807) is 11.4 Å². The van der Waals surface area contributed by atoms with Crippen LogP contribution in [0.25, 0.3) is 0 Å². The summed E-state index contributed by atoms with van der Waals surface area (Å²) in [7, 11) is 0.549. The second-order valence-corrected chi connectivity index (χ2v) is 8.01. The van der Waals surface area contributed by atoms with Crippen LogP contribution in [0.1, 0.15) is 31.2 Å². The Kier molecular flexibility index (Phi) is 5.79. The summed E-state index contributed by atoms with van der Waals surface area (Å²) in [6.45, 7) is 0. The summed E-state index contributed by atoms with van der Waals surface area (Å²) < 4.78 is 26.5. The fourth-order valence-electron chi connectivity index (χ4n) is 2.99. The van der Waals surface area contributed by atoms with Crippen LogP contribution >= 0.6 is 0 Å². The molecule has 5 heteroatoms. The van der Waals surface area contributed by atoms with Gasteiger partial charge in [0.15, 0.2) is 0 Å². The maximum Gasteiger partial charge on any atom is 0.214 e. The van der Waals surface area contributed by atoms with E-state index in [2.05, 4.69) is 5.32 Å². The number of nitrogens with zero attached hydrogens (tertiary/aromatic N) is 1. The second-order valence-electron chi connectivity index (χ2n) is 5.86. The summed E-state index contributed by atoms with van der Waals surface area (Å²) >= 11 is 0. The predicted molar refractivity (Wildman–Crippen MR) is 86.8 cm³/mol. The van der Waals surface area contributed by atoms with Gasteiger partial charge in [-0.2, -0.15) is 0 Å². The number of hydrogen-bond donors (Lipinski definition) is 1. The van der Waals surface area contributed by atoms with Gasteiger partial charge in [0.2, 0.25) is 10.0 Å². The molecule has 0 atom stereocenters. The first-order valence-corrected chi connectivity index (χ1v) is 9.31. The third kappa shape index (κ3) is 4.53. The molecule has 0 aliphatic heterocycles. The molecule has 0 radical (unpaired) electrons. The molecule has 118 valence electrons. The molecular formula is C16H26N2O2S. The van der Waals surface area contributed by atoms with Crippen LogP contribution < -0.4 is 5.32 Å². The smallest absolute Gasteiger partial charge is 0.214 e. The van der Waals surface area contributed by atoms with Crippen molar-refractivity contribution in [2.45, 2.75) is 44.2 Å². The van der Waals surface area contributed by atoms with Crippen molar-refractivity contribution in [3.63, 3.8) is 0 Å². The number of sulfonamides is 1. The van der Waals surface area contributed by atoms with E-state index in [1.165, 1.54) is 0 Å². The third-order valence-corrected chi connectivity index (χ3v) is 6.45. The van der Waals surface area contributed by atoms with Gasteiger partial charge in [-0.3, -0.25) is 0 Å². The first-order chi connectivity index (χ1) is 10.0. The Morgan fingerprint density at radius 3 is 2.33 bits per heavy atom. The molecule has 1 aromatic carbocycles. The molecule has 0 amide bonds. The van der Waals surface area contributed by atoms with E-state index >= 15 is 0 Å². The molecule has 0 spiro atoms. The number of benzene rings is 1. The summed E-state index contributed by atoms with van der Waals surface area (Å²) in [5, 5.41) is 3.28. The zero-order valence-electron chi connectivity index (χ0n) is 13.0. The Labute approximate surface area is 128 Å². The van der Waals surface area contributed by atoms with Crippen LogP contribution in [-0.2, 0) is 16.4 Å². The van der Waals surface area contributed by atoms with Crippen molar-refractivity contribution in [3.05, 3.63) is 35.9 Å². The van der Waals surface area contributed by atoms with E-state index in [0.29, 0.717) is 12.5 Å². The number of nitrogens with one attached hydrogen (secondary N) is 1. The lowest BCUT2D eigenvalue weighted by Crippen LogP contribution is -2.43. The van der Waals surface area contributed by atoms with Crippen molar-refractivity contribution in [1.82, 2.24) is 9.62 Å². The SMILES string of the molecule is CNC1CCC(N(C)S(=O)(=O)CCc2ccccc2)CC1. The summed E-state index contributed by atoms with van der Waals surface area (Å²) in [6.07, 6.45) is 4.60. The average Bonchev–Trinajstić information content (AvgIpc) is 2.53. The Hall–Kier alpha value is -0.910. The first kappa shape index (κ1) is 16.5.